The Bertz CT molecular complexity index is 385. The molecule has 1 aromatic carbocycles. The summed E-state index contributed by atoms with van der Waals surface area (Å²) in [6.07, 6.45) is 0.534. The Balaban J connectivity index is 3.24. The summed E-state index contributed by atoms with van der Waals surface area (Å²) in [7, 11) is 1.36. The second-order valence-electron chi connectivity index (χ2n) is 3.58. The van der Waals surface area contributed by atoms with E-state index in [9.17, 15) is 8.78 Å². The number of halogens is 3. The molecule has 5 heteroatoms. The maximum absolute atomic E-state index is 13.9. The van der Waals surface area contributed by atoms with Crippen LogP contribution in [0.15, 0.2) is 10.5 Å². The summed E-state index contributed by atoms with van der Waals surface area (Å²) in [5.74, 6) is -1.32. The number of nitrogens with two attached hydrogens (primary N) is 1. The molecule has 0 radical (unpaired) electrons. The minimum absolute atomic E-state index is 0.0538. The normalized spacial score (nSPS) is 12.6. The fourth-order valence-corrected chi connectivity index (χ4v) is 2.07. The first kappa shape index (κ1) is 13.4. The van der Waals surface area contributed by atoms with Gasteiger partial charge in [-0.3, -0.25) is 0 Å². The van der Waals surface area contributed by atoms with Gasteiger partial charge >= 0.3 is 0 Å². The van der Waals surface area contributed by atoms with Crippen molar-refractivity contribution in [3.05, 3.63) is 27.7 Å². The number of methoxy groups -OCH3 is 1. The zero-order valence-electron chi connectivity index (χ0n) is 9.19. The lowest BCUT2D eigenvalue weighted by molar-refractivity contribution is 0.399. The van der Waals surface area contributed by atoms with Crippen molar-refractivity contribution in [2.45, 2.75) is 19.3 Å². The SMILES string of the molecule is COc1cc(F)c(C(C)CCN)c(F)c1Br. The van der Waals surface area contributed by atoms with E-state index >= 15 is 0 Å². The molecule has 1 unspecified atom stereocenters. The molecule has 1 rings (SSSR count). The molecule has 0 aliphatic rings. The highest BCUT2D eigenvalue weighted by Crippen LogP contribution is 2.35. The Labute approximate surface area is 102 Å². The lowest BCUT2D eigenvalue weighted by Crippen LogP contribution is -2.09. The van der Waals surface area contributed by atoms with Crippen molar-refractivity contribution in [3.63, 3.8) is 0 Å². The molecule has 1 aromatic rings. The van der Waals surface area contributed by atoms with Crippen LogP contribution < -0.4 is 10.5 Å². The summed E-state index contributed by atoms with van der Waals surface area (Å²) < 4.78 is 32.5. The largest absolute Gasteiger partial charge is 0.495 e. The Kier molecular flexibility index (Phi) is 4.68. The molecule has 0 saturated heterocycles. The van der Waals surface area contributed by atoms with Crippen LogP contribution in [0.4, 0.5) is 8.78 Å². The van der Waals surface area contributed by atoms with Gasteiger partial charge in [0.2, 0.25) is 0 Å². The van der Waals surface area contributed by atoms with E-state index in [1.54, 1.807) is 6.92 Å². The van der Waals surface area contributed by atoms with Crippen LogP contribution in [-0.2, 0) is 0 Å². The molecule has 2 N–H and O–H groups in total. The molecule has 0 aliphatic heterocycles. The minimum Gasteiger partial charge on any atom is -0.495 e. The Hall–Kier alpha value is -0.680. The van der Waals surface area contributed by atoms with Crippen LogP contribution in [0.1, 0.15) is 24.8 Å². The molecule has 0 aromatic heterocycles. The first-order chi connectivity index (χ1) is 7.52. The maximum atomic E-state index is 13.9. The van der Waals surface area contributed by atoms with Crippen LogP contribution in [-0.4, -0.2) is 13.7 Å². The number of hydrogen-bond acceptors (Lipinski definition) is 2. The van der Waals surface area contributed by atoms with Crippen molar-refractivity contribution >= 4 is 15.9 Å². The average molecular weight is 294 g/mol. The molecular formula is C11H14BrF2NO. The third-order valence-electron chi connectivity index (χ3n) is 2.47. The van der Waals surface area contributed by atoms with E-state index in [2.05, 4.69) is 15.9 Å². The molecule has 0 aliphatic carbocycles. The van der Waals surface area contributed by atoms with Crippen LogP contribution in [0.5, 0.6) is 5.75 Å². The van der Waals surface area contributed by atoms with Crippen molar-refractivity contribution < 1.29 is 13.5 Å². The van der Waals surface area contributed by atoms with E-state index < -0.39 is 11.6 Å². The average Bonchev–Trinajstić information content (AvgIpc) is 2.24. The highest BCUT2D eigenvalue weighted by Gasteiger charge is 2.21. The third-order valence-corrected chi connectivity index (χ3v) is 3.21. The van der Waals surface area contributed by atoms with Crippen LogP contribution in [0.2, 0.25) is 0 Å². The molecule has 90 valence electrons. The Morgan fingerprint density at radius 3 is 2.62 bits per heavy atom. The molecule has 0 spiro atoms. The molecule has 0 bridgehead atoms. The van der Waals surface area contributed by atoms with Gasteiger partial charge in [-0.25, -0.2) is 8.78 Å². The zero-order valence-corrected chi connectivity index (χ0v) is 10.8. The van der Waals surface area contributed by atoms with Crippen molar-refractivity contribution in [2.75, 3.05) is 13.7 Å². The summed E-state index contributed by atoms with van der Waals surface area (Å²) in [5, 5.41) is 0. The topological polar surface area (TPSA) is 35.2 Å². The van der Waals surface area contributed by atoms with Gasteiger partial charge in [0.15, 0.2) is 0 Å². The minimum atomic E-state index is -0.613. The van der Waals surface area contributed by atoms with Crippen LogP contribution in [0, 0.1) is 11.6 Å². The second kappa shape index (κ2) is 5.59. The van der Waals surface area contributed by atoms with Gasteiger partial charge in [0, 0.05) is 11.6 Å². The summed E-state index contributed by atoms with van der Waals surface area (Å²) in [4.78, 5) is 0. The highest BCUT2D eigenvalue weighted by molar-refractivity contribution is 9.10. The van der Waals surface area contributed by atoms with Gasteiger partial charge < -0.3 is 10.5 Å². The fourth-order valence-electron chi connectivity index (χ4n) is 1.58. The highest BCUT2D eigenvalue weighted by atomic mass is 79.9. The van der Waals surface area contributed by atoms with E-state index in [4.69, 9.17) is 10.5 Å². The van der Waals surface area contributed by atoms with Crippen LogP contribution in [0.25, 0.3) is 0 Å². The first-order valence-corrected chi connectivity index (χ1v) is 5.73. The summed E-state index contributed by atoms with van der Waals surface area (Å²) in [5.41, 5.74) is 5.43. The molecule has 0 heterocycles. The van der Waals surface area contributed by atoms with E-state index in [-0.39, 0.29) is 21.7 Å². The van der Waals surface area contributed by atoms with Crippen LogP contribution >= 0.6 is 15.9 Å². The molecule has 1 atom stereocenters. The number of rotatable bonds is 4. The molecule has 0 saturated carbocycles. The standard InChI is InChI=1S/C11H14BrF2NO/c1-6(3-4-15)9-7(13)5-8(16-2)10(12)11(9)14/h5-6H,3-4,15H2,1-2H3. The van der Waals surface area contributed by atoms with E-state index in [1.807, 2.05) is 0 Å². The van der Waals surface area contributed by atoms with Crippen molar-refractivity contribution in [1.29, 1.82) is 0 Å². The third kappa shape index (κ3) is 2.52. The van der Waals surface area contributed by atoms with Gasteiger partial charge in [0.25, 0.3) is 0 Å². The first-order valence-electron chi connectivity index (χ1n) is 4.94. The summed E-state index contributed by atoms with van der Waals surface area (Å²) in [6.45, 7) is 2.14. The molecule has 0 fully saturated rings. The zero-order chi connectivity index (χ0) is 12.3. The van der Waals surface area contributed by atoms with E-state index in [0.717, 1.165) is 0 Å². The second-order valence-corrected chi connectivity index (χ2v) is 4.37. The smallest absolute Gasteiger partial charge is 0.147 e. The quantitative estimate of drug-likeness (QED) is 0.866. The molecular weight excluding hydrogens is 280 g/mol. The van der Waals surface area contributed by atoms with Gasteiger partial charge in [-0.2, -0.15) is 0 Å². The summed E-state index contributed by atoms with van der Waals surface area (Å²) in [6, 6.07) is 1.18. The van der Waals surface area contributed by atoms with Crippen molar-refractivity contribution in [1.82, 2.24) is 0 Å². The number of benzene rings is 1. The molecule has 16 heavy (non-hydrogen) atoms. The Morgan fingerprint density at radius 2 is 2.12 bits per heavy atom. The predicted octanol–water partition coefficient (Wildman–Crippen LogP) is 3.19. The fraction of sp³-hybridized carbons (Fsp3) is 0.455. The van der Waals surface area contributed by atoms with Gasteiger partial charge in [-0.15, -0.1) is 0 Å². The van der Waals surface area contributed by atoms with Gasteiger partial charge in [0.1, 0.15) is 17.4 Å². The summed E-state index contributed by atoms with van der Waals surface area (Å²) >= 11 is 3.05. The van der Waals surface area contributed by atoms with Gasteiger partial charge in [0.05, 0.1) is 11.6 Å². The maximum Gasteiger partial charge on any atom is 0.147 e. The lowest BCUT2D eigenvalue weighted by Gasteiger charge is -2.15. The lowest BCUT2D eigenvalue weighted by atomic mass is 9.96. The Morgan fingerprint density at radius 1 is 1.50 bits per heavy atom. The molecule has 2 nitrogen and oxygen atoms in total. The number of hydrogen-bond donors (Lipinski definition) is 1. The van der Waals surface area contributed by atoms with Gasteiger partial charge in [-0.05, 0) is 34.8 Å². The van der Waals surface area contributed by atoms with E-state index in [0.29, 0.717) is 13.0 Å². The predicted molar refractivity (Wildman–Crippen MR) is 62.7 cm³/mol. The van der Waals surface area contributed by atoms with Crippen molar-refractivity contribution in [2.24, 2.45) is 5.73 Å². The van der Waals surface area contributed by atoms with Crippen molar-refractivity contribution in [3.8, 4) is 5.75 Å². The van der Waals surface area contributed by atoms with Gasteiger partial charge in [-0.1, -0.05) is 6.92 Å². The number of ether oxygens (including phenoxy) is 1. The monoisotopic (exact) mass is 293 g/mol. The van der Waals surface area contributed by atoms with E-state index in [1.165, 1.54) is 13.2 Å². The molecule has 0 amide bonds. The van der Waals surface area contributed by atoms with Crippen LogP contribution in [0.3, 0.4) is 0 Å².